The molecular formula is C18H26N2O4. The zero-order chi connectivity index (χ0) is 17.7. The molecule has 6 heteroatoms. The summed E-state index contributed by atoms with van der Waals surface area (Å²) in [5, 5.41) is 5.65. The van der Waals surface area contributed by atoms with Gasteiger partial charge in [0, 0.05) is 13.1 Å². The van der Waals surface area contributed by atoms with Crippen molar-refractivity contribution in [1.29, 1.82) is 0 Å². The molecule has 132 valence electrons. The van der Waals surface area contributed by atoms with Crippen molar-refractivity contribution in [2.75, 3.05) is 13.3 Å². The molecule has 1 aliphatic rings. The van der Waals surface area contributed by atoms with Crippen LogP contribution in [-0.4, -0.2) is 25.2 Å². The Morgan fingerprint density at radius 2 is 1.79 bits per heavy atom. The molecule has 0 fully saturated rings. The Bertz CT molecular complexity index is 611. The summed E-state index contributed by atoms with van der Waals surface area (Å²) in [6.07, 6.45) is 0.890. The van der Waals surface area contributed by atoms with Crippen molar-refractivity contribution in [3.63, 3.8) is 0 Å². The molecule has 2 amide bonds. The summed E-state index contributed by atoms with van der Waals surface area (Å²) >= 11 is 0. The Balaban J connectivity index is 1.87. The molecule has 1 aromatic carbocycles. The van der Waals surface area contributed by atoms with E-state index in [0.717, 1.165) is 12.0 Å². The van der Waals surface area contributed by atoms with Crippen molar-refractivity contribution >= 4 is 11.8 Å². The normalized spacial score (nSPS) is 13.0. The van der Waals surface area contributed by atoms with Gasteiger partial charge in [0.25, 0.3) is 0 Å². The molecule has 0 spiro atoms. The fraction of sp³-hybridized carbons (Fsp3) is 0.556. The van der Waals surface area contributed by atoms with E-state index in [4.69, 9.17) is 9.47 Å². The average molecular weight is 334 g/mol. The standard InChI is InChI=1S/C18H26N2O4/c1-12(2)7-8-19-16(21)18(3,4)17(22)20-10-13-5-6-14-15(9-13)24-11-23-14/h5-6,9,12H,7-8,10-11H2,1-4H3,(H,19,21)(H,20,22). The fourth-order valence-electron chi connectivity index (χ4n) is 2.25. The number of amides is 2. The molecule has 6 nitrogen and oxygen atoms in total. The van der Waals surface area contributed by atoms with Gasteiger partial charge in [0.2, 0.25) is 18.6 Å². The number of hydrogen-bond acceptors (Lipinski definition) is 4. The van der Waals surface area contributed by atoms with Crippen LogP contribution in [0.25, 0.3) is 0 Å². The van der Waals surface area contributed by atoms with Crippen LogP contribution in [0.2, 0.25) is 0 Å². The van der Waals surface area contributed by atoms with Gasteiger partial charge in [-0.05, 0) is 43.9 Å². The van der Waals surface area contributed by atoms with Gasteiger partial charge in [0.15, 0.2) is 11.5 Å². The topological polar surface area (TPSA) is 76.7 Å². The number of rotatable bonds is 7. The predicted molar refractivity (Wildman–Crippen MR) is 90.7 cm³/mol. The number of hydrogen-bond donors (Lipinski definition) is 2. The molecule has 0 bridgehead atoms. The Morgan fingerprint density at radius 3 is 2.50 bits per heavy atom. The predicted octanol–water partition coefficient (Wildman–Crippen LogP) is 2.22. The van der Waals surface area contributed by atoms with Gasteiger partial charge in [-0.15, -0.1) is 0 Å². The van der Waals surface area contributed by atoms with Gasteiger partial charge < -0.3 is 20.1 Å². The minimum atomic E-state index is -1.12. The monoisotopic (exact) mass is 334 g/mol. The third-order valence-electron chi connectivity index (χ3n) is 4.03. The zero-order valence-electron chi connectivity index (χ0n) is 14.8. The van der Waals surface area contributed by atoms with Crippen LogP contribution < -0.4 is 20.1 Å². The molecule has 1 heterocycles. The van der Waals surface area contributed by atoms with Gasteiger partial charge >= 0.3 is 0 Å². The van der Waals surface area contributed by atoms with Crippen molar-refractivity contribution < 1.29 is 19.1 Å². The van der Waals surface area contributed by atoms with Gasteiger partial charge in [-0.25, -0.2) is 0 Å². The Hall–Kier alpha value is -2.24. The van der Waals surface area contributed by atoms with E-state index in [1.165, 1.54) is 0 Å². The van der Waals surface area contributed by atoms with E-state index >= 15 is 0 Å². The van der Waals surface area contributed by atoms with Crippen LogP contribution in [0, 0.1) is 11.3 Å². The summed E-state index contributed by atoms with van der Waals surface area (Å²) in [6, 6.07) is 5.51. The van der Waals surface area contributed by atoms with Crippen LogP contribution in [0.4, 0.5) is 0 Å². The van der Waals surface area contributed by atoms with E-state index in [0.29, 0.717) is 30.5 Å². The molecule has 2 rings (SSSR count). The van der Waals surface area contributed by atoms with Gasteiger partial charge in [-0.1, -0.05) is 19.9 Å². The lowest BCUT2D eigenvalue weighted by molar-refractivity contribution is -0.141. The molecular weight excluding hydrogens is 308 g/mol. The quantitative estimate of drug-likeness (QED) is 0.750. The summed E-state index contributed by atoms with van der Waals surface area (Å²) < 4.78 is 10.6. The van der Waals surface area contributed by atoms with Crippen molar-refractivity contribution in [2.24, 2.45) is 11.3 Å². The first-order chi connectivity index (χ1) is 11.3. The SMILES string of the molecule is CC(C)CCNC(=O)C(C)(C)C(=O)NCc1ccc2c(c1)OCO2. The van der Waals surface area contributed by atoms with Crippen LogP contribution >= 0.6 is 0 Å². The van der Waals surface area contributed by atoms with Gasteiger partial charge in [-0.3, -0.25) is 9.59 Å². The maximum Gasteiger partial charge on any atom is 0.235 e. The molecule has 0 unspecified atom stereocenters. The maximum absolute atomic E-state index is 12.4. The summed E-state index contributed by atoms with van der Waals surface area (Å²) in [6.45, 7) is 8.58. The highest BCUT2D eigenvalue weighted by Crippen LogP contribution is 2.32. The highest BCUT2D eigenvalue weighted by molar-refractivity contribution is 6.04. The maximum atomic E-state index is 12.4. The minimum absolute atomic E-state index is 0.217. The van der Waals surface area contributed by atoms with Gasteiger partial charge in [-0.2, -0.15) is 0 Å². The molecule has 2 N–H and O–H groups in total. The van der Waals surface area contributed by atoms with Crippen molar-refractivity contribution in [3.05, 3.63) is 23.8 Å². The molecule has 1 aromatic rings. The van der Waals surface area contributed by atoms with Crippen LogP contribution in [-0.2, 0) is 16.1 Å². The first-order valence-corrected chi connectivity index (χ1v) is 8.26. The number of fused-ring (bicyclic) bond motifs is 1. The first-order valence-electron chi connectivity index (χ1n) is 8.26. The first kappa shape index (κ1) is 18.1. The highest BCUT2D eigenvalue weighted by atomic mass is 16.7. The molecule has 0 aliphatic carbocycles. The smallest absolute Gasteiger partial charge is 0.235 e. The van der Waals surface area contributed by atoms with Crippen molar-refractivity contribution in [3.8, 4) is 11.5 Å². The summed E-state index contributed by atoms with van der Waals surface area (Å²) in [4.78, 5) is 24.6. The largest absolute Gasteiger partial charge is 0.454 e. The van der Waals surface area contributed by atoms with Crippen molar-refractivity contribution in [1.82, 2.24) is 10.6 Å². The van der Waals surface area contributed by atoms with Crippen molar-refractivity contribution in [2.45, 2.75) is 40.7 Å². The minimum Gasteiger partial charge on any atom is -0.454 e. The molecule has 0 atom stereocenters. The lowest BCUT2D eigenvalue weighted by Gasteiger charge is -2.23. The summed E-state index contributed by atoms with van der Waals surface area (Å²) in [7, 11) is 0. The molecule has 0 saturated heterocycles. The average Bonchev–Trinajstić information content (AvgIpc) is 2.99. The fourth-order valence-corrected chi connectivity index (χ4v) is 2.25. The van der Waals surface area contributed by atoms with Crippen LogP contribution in [0.3, 0.4) is 0 Å². The van der Waals surface area contributed by atoms with E-state index in [9.17, 15) is 9.59 Å². The zero-order valence-corrected chi connectivity index (χ0v) is 14.8. The Kier molecular flexibility index (Phi) is 5.70. The van der Waals surface area contributed by atoms with E-state index < -0.39 is 5.41 Å². The van der Waals surface area contributed by atoms with E-state index in [2.05, 4.69) is 24.5 Å². The highest BCUT2D eigenvalue weighted by Gasteiger charge is 2.35. The molecule has 0 aromatic heterocycles. The number of carbonyl (C=O) groups is 2. The van der Waals surface area contributed by atoms with E-state index in [1.54, 1.807) is 13.8 Å². The van der Waals surface area contributed by atoms with E-state index in [1.807, 2.05) is 18.2 Å². The third kappa shape index (κ3) is 4.40. The lowest BCUT2D eigenvalue weighted by Crippen LogP contribution is -2.47. The number of benzene rings is 1. The lowest BCUT2D eigenvalue weighted by atomic mass is 9.90. The Labute approximate surface area is 142 Å². The molecule has 0 radical (unpaired) electrons. The van der Waals surface area contributed by atoms with Crippen LogP contribution in [0.1, 0.15) is 39.7 Å². The third-order valence-corrected chi connectivity index (χ3v) is 4.03. The van der Waals surface area contributed by atoms with Crippen LogP contribution in [0.15, 0.2) is 18.2 Å². The van der Waals surface area contributed by atoms with E-state index in [-0.39, 0.29) is 18.6 Å². The summed E-state index contributed by atoms with van der Waals surface area (Å²) in [5.41, 5.74) is -0.226. The van der Waals surface area contributed by atoms with Crippen LogP contribution in [0.5, 0.6) is 11.5 Å². The number of ether oxygens (including phenoxy) is 2. The molecule has 0 saturated carbocycles. The molecule has 1 aliphatic heterocycles. The second-order valence-corrected chi connectivity index (χ2v) is 6.93. The molecule has 24 heavy (non-hydrogen) atoms. The second-order valence-electron chi connectivity index (χ2n) is 6.93. The number of carbonyl (C=O) groups excluding carboxylic acids is 2. The Morgan fingerprint density at radius 1 is 1.12 bits per heavy atom. The second kappa shape index (κ2) is 7.55. The summed E-state index contributed by atoms with van der Waals surface area (Å²) in [5.74, 6) is 1.32. The van der Waals surface area contributed by atoms with Gasteiger partial charge in [0.05, 0.1) is 0 Å². The number of nitrogens with one attached hydrogen (secondary N) is 2. The van der Waals surface area contributed by atoms with Gasteiger partial charge in [0.1, 0.15) is 5.41 Å².